The first-order chi connectivity index (χ1) is 17.7. The molecule has 0 aliphatic rings. The van der Waals surface area contributed by atoms with Crippen LogP contribution in [0.15, 0.2) is 83.3 Å². The number of hydrazine groups is 1. The molecule has 0 spiro atoms. The smallest absolute Gasteiger partial charge is 0.416 e. The molecule has 0 saturated heterocycles. The van der Waals surface area contributed by atoms with E-state index >= 15 is 0 Å². The van der Waals surface area contributed by atoms with E-state index in [9.17, 15) is 14.4 Å². The number of hydrogen-bond acceptors (Lipinski definition) is 7. The van der Waals surface area contributed by atoms with E-state index in [1.807, 2.05) is 30.3 Å². The predicted molar refractivity (Wildman–Crippen MR) is 136 cm³/mol. The maximum atomic E-state index is 12.3. The Kier molecular flexibility index (Phi) is 7.43. The van der Waals surface area contributed by atoms with Crippen molar-refractivity contribution in [3.8, 4) is 22.9 Å². The molecule has 0 bridgehead atoms. The molecule has 0 aliphatic heterocycles. The fourth-order valence-corrected chi connectivity index (χ4v) is 3.44. The fraction of sp³-hybridized carbons (Fsp3) is 0.179. The second-order valence-corrected chi connectivity index (χ2v) is 9.32. The van der Waals surface area contributed by atoms with Gasteiger partial charge in [-0.15, -0.1) is 10.2 Å². The Bertz CT molecular complexity index is 1390. The van der Waals surface area contributed by atoms with E-state index in [1.165, 1.54) is 5.56 Å². The monoisotopic (exact) mass is 498 g/mol. The Labute approximate surface area is 213 Å². The van der Waals surface area contributed by atoms with Gasteiger partial charge in [-0.1, -0.05) is 63.2 Å². The van der Waals surface area contributed by atoms with Crippen LogP contribution in [0.25, 0.3) is 22.9 Å². The van der Waals surface area contributed by atoms with Gasteiger partial charge in [0.15, 0.2) is 0 Å². The summed E-state index contributed by atoms with van der Waals surface area (Å²) in [5.74, 6) is -0.641. The van der Waals surface area contributed by atoms with E-state index in [0.717, 1.165) is 5.56 Å². The Balaban J connectivity index is 1.31. The molecule has 2 amide bonds. The zero-order valence-corrected chi connectivity index (χ0v) is 20.6. The minimum atomic E-state index is -1.08. The summed E-state index contributed by atoms with van der Waals surface area (Å²) < 4.78 is 10.5. The summed E-state index contributed by atoms with van der Waals surface area (Å²) in [5.41, 5.74) is 7.90. The van der Waals surface area contributed by atoms with Gasteiger partial charge in [-0.2, -0.15) is 0 Å². The molecule has 2 N–H and O–H groups in total. The van der Waals surface area contributed by atoms with Crippen molar-refractivity contribution < 1.29 is 23.5 Å². The van der Waals surface area contributed by atoms with Crippen molar-refractivity contribution in [1.29, 1.82) is 0 Å². The number of ether oxygens (including phenoxy) is 1. The molecule has 0 atom stereocenters. The number of carbonyl (C=O) groups is 3. The first kappa shape index (κ1) is 25.3. The van der Waals surface area contributed by atoms with Gasteiger partial charge in [0.2, 0.25) is 11.8 Å². The van der Waals surface area contributed by atoms with E-state index in [0.29, 0.717) is 22.9 Å². The largest absolute Gasteiger partial charge is 0.433 e. The van der Waals surface area contributed by atoms with Gasteiger partial charge in [0, 0.05) is 16.7 Å². The molecule has 188 valence electrons. The lowest BCUT2D eigenvalue weighted by Gasteiger charge is -2.18. The van der Waals surface area contributed by atoms with E-state index in [4.69, 9.17) is 4.42 Å². The Morgan fingerprint density at radius 2 is 1.35 bits per heavy atom. The second kappa shape index (κ2) is 10.9. The van der Waals surface area contributed by atoms with E-state index in [-0.39, 0.29) is 17.4 Å². The normalized spacial score (nSPS) is 11.0. The minimum absolute atomic E-state index is 0.0438. The molecule has 0 aliphatic carbocycles. The van der Waals surface area contributed by atoms with Crippen LogP contribution in [0, 0.1) is 0 Å². The lowest BCUT2D eigenvalue weighted by molar-refractivity contribution is -0.136. The Morgan fingerprint density at radius 3 is 1.92 bits per heavy atom. The number of nitrogens with zero attached hydrogens (tertiary/aromatic N) is 2. The Hall–Kier alpha value is -4.79. The summed E-state index contributed by atoms with van der Waals surface area (Å²) in [6, 6.07) is 23.2. The van der Waals surface area contributed by atoms with Gasteiger partial charge in [-0.25, -0.2) is 10.2 Å². The molecule has 0 unspecified atom stereocenters. The second-order valence-electron chi connectivity index (χ2n) is 9.32. The highest BCUT2D eigenvalue weighted by molar-refractivity contribution is 5.96. The quantitative estimate of drug-likeness (QED) is 0.229. The number of rotatable bonds is 5. The molecular weight excluding hydrogens is 472 g/mol. The first-order valence-electron chi connectivity index (χ1n) is 11.6. The Morgan fingerprint density at radius 1 is 0.784 bits per heavy atom. The van der Waals surface area contributed by atoms with Crippen LogP contribution in [0.3, 0.4) is 0 Å². The molecular formula is C28H26N4O5. The van der Waals surface area contributed by atoms with Crippen LogP contribution >= 0.6 is 0 Å². The lowest BCUT2D eigenvalue weighted by Crippen LogP contribution is -2.42. The molecule has 0 fully saturated rings. The molecule has 9 heteroatoms. The van der Waals surface area contributed by atoms with Crippen molar-refractivity contribution >= 4 is 18.0 Å². The molecule has 9 nitrogen and oxygen atoms in total. The summed E-state index contributed by atoms with van der Waals surface area (Å²) in [7, 11) is 0. The van der Waals surface area contributed by atoms with Gasteiger partial charge in [-0.05, 0) is 52.9 Å². The van der Waals surface area contributed by atoms with Gasteiger partial charge in [-0.3, -0.25) is 15.0 Å². The summed E-state index contributed by atoms with van der Waals surface area (Å²) in [5, 5.41) is 8.23. The number of carbonyl (C=O) groups excluding carboxylic acids is 3. The number of esters is 1. The lowest BCUT2D eigenvalue weighted by atomic mass is 9.87. The van der Waals surface area contributed by atoms with E-state index < -0.39 is 18.0 Å². The van der Waals surface area contributed by atoms with Crippen molar-refractivity contribution in [2.75, 3.05) is 0 Å². The highest BCUT2D eigenvalue weighted by atomic mass is 16.6. The van der Waals surface area contributed by atoms with Crippen molar-refractivity contribution in [3.05, 3.63) is 95.6 Å². The zero-order chi connectivity index (χ0) is 26.4. The highest BCUT2D eigenvalue weighted by Crippen LogP contribution is 2.27. The van der Waals surface area contributed by atoms with Crippen LogP contribution in [0.2, 0.25) is 0 Å². The average Bonchev–Trinajstić information content (AvgIpc) is 3.38. The molecule has 4 rings (SSSR count). The van der Waals surface area contributed by atoms with Crippen molar-refractivity contribution in [1.82, 2.24) is 21.0 Å². The van der Waals surface area contributed by atoms with Gasteiger partial charge in [0.1, 0.15) is 0 Å². The SMILES string of the molecule is CC(C)(C)c1ccc(-c2nnc(-c3ccc(C(=O)NNC(=O)OC(=O)Cc4ccccc4)cc3)o2)cc1. The third-order valence-corrected chi connectivity index (χ3v) is 5.49. The van der Waals surface area contributed by atoms with Crippen LogP contribution in [-0.2, 0) is 21.4 Å². The first-order valence-corrected chi connectivity index (χ1v) is 11.6. The van der Waals surface area contributed by atoms with Gasteiger partial charge in [0.05, 0.1) is 6.42 Å². The van der Waals surface area contributed by atoms with Crippen molar-refractivity contribution in [2.45, 2.75) is 32.6 Å². The van der Waals surface area contributed by atoms with Gasteiger partial charge in [0.25, 0.3) is 5.91 Å². The highest BCUT2D eigenvalue weighted by Gasteiger charge is 2.16. The van der Waals surface area contributed by atoms with E-state index in [1.54, 1.807) is 48.5 Å². The van der Waals surface area contributed by atoms with Crippen molar-refractivity contribution in [3.63, 3.8) is 0 Å². The molecule has 1 heterocycles. The van der Waals surface area contributed by atoms with Gasteiger partial charge >= 0.3 is 12.1 Å². The van der Waals surface area contributed by atoms with Crippen LogP contribution in [0.5, 0.6) is 0 Å². The fourth-order valence-electron chi connectivity index (χ4n) is 3.44. The predicted octanol–water partition coefficient (Wildman–Crippen LogP) is 4.84. The number of aromatic nitrogens is 2. The third-order valence-electron chi connectivity index (χ3n) is 5.49. The number of benzene rings is 3. The van der Waals surface area contributed by atoms with Crippen LogP contribution in [0.4, 0.5) is 4.79 Å². The summed E-state index contributed by atoms with van der Waals surface area (Å²) in [4.78, 5) is 36.0. The topological polar surface area (TPSA) is 123 Å². The third kappa shape index (κ3) is 6.66. The zero-order valence-electron chi connectivity index (χ0n) is 20.6. The molecule has 37 heavy (non-hydrogen) atoms. The molecule has 4 aromatic rings. The molecule has 1 aromatic heterocycles. The average molecular weight is 499 g/mol. The van der Waals surface area contributed by atoms with Crippen LogP contribution < -0.4 is 10.9 Å². The van der Waals surface area contributed by atoms with Gasteiger partial charge < -0.3 is 9.15 Å². The number of hydrogen-bond donors (Lipinski definition) is 2. The maximum absolute atomic E-state index is 12.3. The van der Waals surface area contributed by atoms with Crippen molar-refractivity contribution in [2.24, 2.45) is 0 Å². The number of nitrogens with one attached hydrogen (secondary N) is 2. The standard InChI is InChI=1S/C28H26N4O5/c1-28(2,3)22-15-13-21(14-16-22)26-31-30-25(37-26)20-11-9-19(10-12-20)24(34)29-32-27(35)36-23(33)17-18-7-5-4-6-8-18/h4-16H,17H2,1-3H3,(H,29,34)(H,32,35). The van der Waals surface area contributed by atoms with Crippen LogP contribution in [0.1, 0.15) is 42.3 Å². The summed E-state index contributed by atoms with van der Waals surface area (Å²) in [6.07, 6.45) is -1.15. The maximum Gasteiger partial charge on any atom is 0.433 e. The summed E-state index contributed by atoms with van der Waals surface area (Å²) in [6.45, 7) is 6.44. The van der Waals surface area contributed by atoms with E-state index in [2.05, 4.69) is 46.6 Å². The molecule has 3 aromatic carbocycles. The molecule has 0 saturated carbocycles. The summed E-state index contributed by atoms with van der Waals surface area (Å²) >= 11 is 0. The minimum Gasteiger partial charge on any atom is -0.416 e. The number of amides is 2. The van der Waals surface area contributed by atoms with Crippen LogP contribution in [-0.4, -0.2) is 28.2 Å². The molecule has 0 radical (unpaired) electrons.